The monoisotopic (exact) mass is 338 g/mol. The van der Waals surface area contributed by atoms with Crippen LogP contribution in [0.1, 0.15) is 13.3 Å². The summed E-state index contributed by atoms with van der Waals surface area (Å²) in [6, 6.07) is 9.96. The molecule has 0 amide bonds. The fraction of sp³-hybridized carbons (Fsp3) is 0.375. The zero-order chi connectivity index (χ0) is 14.4. The maximum Gasteiger partial charge on any atom is 0.168 e. The highest BCUT2D eigenvalue weighted by atomic mass is 79.9. The molecule has 0 aliphatic rings. The van der Waals surface area contributed by atoms with Gasteiger partial charge >= 0.3 is 0 Å². The van der Waals surface area contributed by atoms with E-state index in [4.69, 9.17) is 14.2 Å². The zero-order valence-corrected chi connectivity index (χ0v) is 13.4. The Bertz CT molecular complexity index is 569. The second kappa shape index (κ2) is 7.39. The molecule has 0 aromatic heterocycles. The molecule has 0 bridgehead atoms. The van der Waals surface area contributed by atoms with Crippen LogP contribution in [0.25, 0.3) is 10.8 Å². The van der Waals surface area contributed by atoms with Crippen molar-refractivity contribution >= 4 is 26.7 Å². The molecule has 0 saturated carbocycles. The molecular weight excluding hydrogens is 320 g/mol. The number of methoxy groups -OCH3 is 1. The van der Waals surface area contributed by atoms with Gasteiger partial charge in [0, 0.05) is 10.7 Å². The van der Waals surface area contributed by atoms with Crippen molar-refractivity contribution in [3.05, 3.63) is 30.3 Å². The van der Waals surface area contributed by atoms with Crippen molar-refractivity contribution in [3.8, 4) is 17.2 Å². The summed E-state index contributed by atoms with van der Waals surface area (Å²) in [5, 5.41) is 3.05. The van der Waals surface area contributed by atoms with E-state index in [-0.39, 0.29) is 0 Å². The van der Waals surface area contributed by atoms with Crippen LogP contribution in [-0.2, 0) is 0 Å². The van der Waals surface area contributed by atoms with Crippen LogP contribution in [0.4, 0.5) is 0 Å². The van der Waals surface area contributed by atoms with E-state index in [0.29, 0.717) is 13.2 Å². The molecule has 0 unspecified atom stereocenters. The van der Waals surface area contributed by atoms with Crippen molar-refractivity contribution < 1.29 is 14.2 Å². The minimum absolute atomic E-state index is 0.663. The van der Waals surface area contributed by atoms with Crippen molar-refractivity contribution in [2.75, 3.05) is 25.7 Å². The van der Waals surface area contributed by atoms with Crippen LogP contribution in [0.2, 0.25) is 0 Å². The molecule has 20 heavy (non-hydrogen) atoms. The highest BCUT2D eigenvalue weighted by Gasteiger charge is 2.10. The summed E-state index contributed by atoms with van der Waals surface area (Å²) in [6.07, 6.45) is 0.963. The van der Waals surface area contributed by atoms with Gasteiger partial charge in [-0.1, -0.05) is 22.0 Å². The van der Waals surface area contributed by atoms with E-state index < -0.39 is 0 Å². The Morgan fingerprint density at radius 1 is 1.10 bits per heavy atom. The normalized spacial score (nSPS) is 10.6. The third kappa shape index (κ3) is 3.37. The lowest BCUT2D eigenvalue weighted by molar-refractivity contribution is 0.297. The summed E-state index contributed by atoms with van der Waals surface area (Å²) in [6.45, 7) is 3.31. The van der Waals surface area contributed by atoms with Gasteiger partial charge in [-0.2, -0.15) is 0 Å². The fourth-order valence-corrected chi connectivity index (χ4v) is 2.31. The lowest BCUT2D eigenvalue weighted by Crippen LogP contribution is -2.00. The van der Waals surface area contributed by atoms with Crippen LogP contribution in [-0.4, -0.2) is 25.7 Å². The first-order valence-electron chi connectivity index (χ1n) is 6.72. The van der Waals surface area contributed by atoms with Gasteiger partial charge in [-0.25, -0.2) is 0 Å². The van der Waals surface area contributed by atoms with Crippen LogP contribution in [0, 0.1) is 0 Å². The van der Waals surface area contributed by atoms with Gasteiger partial charge in [-0.05, 0) is 43.0 Å². The van der Waals surface area contributed by atoms with Gasteiger partial charge in [-0.15, -0.1) is 0 Å². The first kappa shape index (κ1) is 15.0. The quantitative estimate of drug-likeness (QED) is 0.552. The summed E-state index contributed by atoms with van der Waals surface area (Å²) in [5.41, 5.74) is 0. The smallest absolute Gasteiger partial charge is 0.168 e. The van der Waals surface area contributed by atoms with E-state index in [2.05, 4.69) is 15.9 Å². The fourth-order valence-electron chi connectivity index (χ4n) is 2.08. The van der Waals surface area contributed by atoms with Gasteiger partial charge in [0.2, 0.25) is 0 Å². The molecule has 0 heterocycles. The van der Waals surface area contributed by atoms with E-state index in [1.165, 1.54) is 0 Å². The summed E-state index contributed by atoms with van der Waals surface area (Å²) in [4.78, 5) is 0. The number of benzene rings is 2. The molecule has 4 heteroatoms. The lowest BCUT2D eigenvalue weighted by Gasteiger charge is -2.13. The molecule has 0 radical (unpaired) electrons. The first-order chi connectivity index (χ1) is 9.80. The first-order valence-corrected chi connectivity index (χ1v) is 7.84. The standard InChI is InChI=1S/C16H19BrO3/c1-3-19-13-6-7-14-12(11-13)5-8-15(16(14)18-2)20-10-4-9-17/h5-8,11H,3-4,9-10H2,1-2H3. The predicted molar refractivity (Wildman–Crippen MR) is 85.6 cm³/mol. The van der Waals surface area contributed by atoms with Gasteiger partial charge in [0.15, 0.2) is 11.5 Å². The van der Waals surface area contributed by atoms with E-state index >= 15 is 0 Å². The van der Waals surface area contributed by atoms with Crippen molar-refractivity contribution in [2.24, 2.45) is 0 Å². The summed E-state index contributed by atoms with van der Waals surface area (Å²) in [7, 11) is 1.67. The third-order valence-corrected chi connectivity index (χ3v) is 3.52. The lowest BCUT2D eigenvalue weighted by atomic mass is 10.1. The van der Waals surface area contributed by atoms with Crippen LogP contribution in [0.3, 0.4) is 0 Å². The molecule has 0 fully saturated rings. The van der Waals surface area contributed by atoms with E-state index in [1.807, 2.05) is 37.3 Å². The topological polar surface area (TPSA) is 27.7 Å². The Kier molecular flexibility index (Phi) is 5.53. The molecule has 2 aromatic carbocycles. The van der Waals surface area contributed by atoms with Crippen LogP contribution < -0.4 is 14.2 Å². The SMILES string of the molecule is CCOc1ccc2c(OC)c(OCCCBr)ccc2c1. The van der Waals surface area contributed by atoms with E-state index in [1.54, 1.807) is 7.11 Å². The Balaban J connectivity index is 2.35. The largest absolute Gasteiger partial charge is 0.494 e. The third-order valence-electron chi connectivity index (χ3n) is 2.96. The number of hydrogen-bond acceptors (Lipinski definition) is 3. The average Bonchev–Trinajstić information content (AvgIpc) is 2.47. The molecule has 3 nitrogen and oxygen atoms in total. The molecule has 0 N–H and O–H groups in total. The van der Waals surface area contributed by atoms with Gasteiger partial charge in [0.25, 0.3) is 0 Å². The zero-order valence-electron chi connectivity index (χ0n) is 11.8. The van der Waals surface area contributed by atoms with Crippen LogP contribution in [0.15, 0.2) is 30.3 Å². The van der Waals surface area contributed by atoms with E-state index in [9.17, 15) is 0 Å². The minimum Gasteiger partial charge on any atom is -0.494 e. The number of halogens is 1. The maximum atomic E-state index is 5.77. The second-order valence-corrected chi connectivity index (χ2v) is 5.10. The summed E-state index contributed by atoms with van der Waals surface area (Å²) < 4.78 is 16.8. The molecule has 0 aliphatic carbocycles. The highest BCUT2D eigenvalue weighted by molar-refractivity contribution is 9.09. The Morgan fingerprint density at radius 2 is 1.95 bits per heavy atom. The molecule has 108 valence electrons. The number of rotatable bonds is 7. The minimum atomic E-state index is 0.663. The summed E-state index contributed by atoms with van der Waals surface area (Å²) >= 11 is 3.40. The number of hydrogen-bond donors (Lipinski definition) is 0. The van der Waals surface area contributed by atoms with E-state index in [0.717, 1.165) is 39.8 Å². The molecule has 0 atom stereocenters. The molecule has 0 spiro atoms. The Labute approximate surface area is 128 Å². The van der Waals surface area contributed by atoms with Crippen molar-refractivity contribution in [1.82, 2.24) is 0 Å². The van der Waals surface area contributed by atoms with Gasteiger partial charge in [-0.3, -0.25) is 0 Å². The van der Waals surface area contributed by atoms with Crippen LogP contribution in [0.5, 0.6) is 17.2 Å². The summed E-state index contributed by atoms with van der Waals surface area (Å²) in [5.74, 6) is 2.43. The van der Waals surface area contributed by atoms with Crippen molar-refractivity contribution in [1.29, 1.82) is 0 Å². The number of fused-ring (bicyclic) bond motifs is 1. The molecule has 2 aromatic rings. The van der Waals surface area contributed by atoms with Crippen molar-refractivity contribution in [3.63, 3.8) is 0 Å². The molecule has 2 rings (SSSR count). The van der Waals surface area contributed by atoms with Crippen LogP contribution >= 0.6 is 15.9 Å². The molecular formula is C16H19BrO3. The van der Waals surface area contributed by atoms with Gasteiger partial charge in [0.1, 0.15) is 5.75 Å². The molecule has 0 aliphatic heterocycles. The van der Waals surface area contributed by atoms with Gasteiger partial charge in [0.05, 0.1) is 20.3 Å². The average molecular weight is 339 g/mol. The Morgan fingerprint density at radius 3 is 2.65 bits per heavy atom. The Hall–Kier alpha value is -1.42. The maximum absolute atomic E-state index is 5.77. The number of alkyl halides is 1. The predicted octanol–water partition coefficient (Wildman–Crippen LogP) is 4.41. The van der Waals surface area contributed by atoms with Crippen molar-refractivity contribution in [2.45, 2.75) is 13.3 Å². The second-order valence-electron chi connectivity index (χ2n) is 4.30. The van der Waals surface area contributed by atoms with Gasteiger partial charge < -0.3 is 14.2 Å². The number of ether oxygens (including phenoxy) is 3. The molecule has 0 saturated heterocycles. The highest BCUT2D eigenvalue weighted by Crippen LogP contribution is 2.37.